The van der Waals surface area contributed by atoms with Gasteiger partial charge in [-0.3, -0.25) is 0 Å². The number of carbonyl (C=O) groups is 1. The second-order valence-electron chi connectivity index (χ2n) is 4.16. The van der Waals surface area contributed by atoms with Crippen LogP contribution in [-0.2, 0) is 9.53 Å². The zero-order valence-electron chi connectivity index (χ0n) is 11.1. The molecule has 20 heavy (non-hydrogen) atoms. The molecule has 0 bridgehead atoms. The van der Waals surface area contributed by atoms with E-state index in [2.05, 4.69) is 0 Å². The average Bonchev–Trinajstić information content (AvgIpc) is 2.99. The van der Waals surface area contributed by atoms with Crippen molar-refractivity contribution in [2.24, 2.45) is 0 Å². The smallest absolute Gasteiger partial charge is 0.345 e. The summed E-state index contributed by atoms with van der Waals surface area (Å²) in [6.45, 7) is 1.35. The van der Waals surface area contributed by atoms with Gasteiger partial charge in [0.1, 0.15) is 11.8 Å². The number of benzene rings is 1. The van der Waals surface area contributed by atoms with E-state index < -0.39 is 12.1 Å². The molecule has 1 aromatic rings. The number of hydrogen-bond acceptors (Lipinski definition) is 6. The quantitative estimate of drug-likeness (QED) is 0.779. The minimum atomic E-state index is -0.748. The zero-order chi connectivity index (χ0) is 14.4. The van der Waals surface area contributed by atoms with E-state index in [9.17, 15) is 4.79 Å². The van der Waals surface area contributed by atoms with Crippen LogP contribution in [0.3, 0.4) is 0 Å². The van der Waals surface area contributed by atoms with Crippen molar-refractivity contribution in [3.05, 3.63) is 29.8 Å². The summed E-state index contributed by atoms with van der Waals surface area (Å²) in [5.41, 5.74) is 1.10. The summed E-state index contributed by atoms with van der Waals surface area (Å²) < 4.78 is 10.8. The Hall–Kier alpha value is -1.32. The number of carbonyl (C=O) groups excluding carboxylic acids is 1. The summed E-state index contributed by atoms with van der Waals surface area (Å²) in [6, 6.07) is 9.58. The molecule has 0 amide bonds. The Bertz CT molecular complexity index is 509. The molecule has 0 unspecified atom stereocenters. The highest BCUT2D eigenvalue weighted by atomic mass is 32.2. The topological polar surface area (TPSA) is 59.3 Å². The van der Waals surface area contributed by atoms with Gasteiger partial charge in [-0.15, -0.1) is 23.5 Å². The van der Waals surface area contributed by atoms with Crippen molar-refractivity contribution >= 4 is 29.5 Å². The van der Waals surface area contributed by atoms with E-state index in [4.69, 9.17) is 14.7 Å². The minimum absolute atomic E-state index is 0.176. The zero-order valence-corrected chi connectivity index (χ0v) is 12.7. The second-order valence-corrected chi connectivity index (χ2v) is 6.89. The van der Waals surface area contributed by atoms with Gasteiger partial charge in [0.2, 0.25) is 0 Å². The van der Waals surface area contributed by atoms with Gasteiger partial charge in [0.15, 0.2) is 12.7 Å². The lowest BCUT2D eigenvalue weighted by Crippen LogP contribution is -2.20. The van der Waals surface area contributed by atoms with Gasteiger partial charge < -0.3 is 9.47 Å². The molecular weight excluding hydrogens is 294 g/mol. The molecule has 6 heteroatoms. The van der Waals surface area contributed by atoms with Crippen LogP contribution < -0.4 is 4.74 Å². The number of nitrogens with zero attached hydrogens (tertiary/aromatic N) is 1. The summed E-state index contributed by atoms with van der Waals surface area (Å²) in [5, 5.41) is 8.58. The lowest BCUT2D eigenvalue weighted by Gasteiger charge is -2.15. The van der Waals surface area contributed by atoms with Crippen LogP contribution in [0.4, 0.5) is 0 Å². The molecule has 1 saturated heterocycles. The molecule has 0 aromatic heterocycles. The minimum Gasteiger partial charge on any atom is -0.482 e. The number of esters is 1. The van der Waals surface area contributed by atoms with Crippen LogP contribution in [0.2, 0.25) is 0 Å². The molecule has 1 aromatic carbocycles. The van der Waals surface area contributed by atoms with Crippen LogP contribution in [0.1, 0.15) is 17.1 Å². The summed E-state index contributed by atoms with van der Waals surface area (Å²) in [6.07, 6.45) is -0.748. The Morgan fingerprint density at radius 3 is 2.85 bits per heavy atom. The molecule has 1 aliphatic heterocycles. The van der Waals surface area contributed by atoms with Crippen molar-refractivity contribution in [2.45, 2.75) is 17.6 Å². The van der Waals surface area contributed by atoms with Crippen LogP contribution in [-0.4, -0.2) is 30.2 Å². The maximum absolute atomic E-state index is 11.5. The number of para-hydroxylation sites is 1. The molecule has 106 valence electrons. The van der Waals surface area contributed by atoms with Gasteiger partial charge >= 0.3 is 5.97 Å². The fourth-order valence-corrected chi connectivity index (χ4v) is 4.65. The van der Waals surface area contributed by atoms with Crippen LogP contribution >= 0.6 is 23.5 Å². The first-order chi connectivity index (χ1) is 9.70. The second kappa shape index (κ2) is 7.46. The lowest BCUT2D eigenvalue weighted by molar-refractivity contribution is -0.148. The molecule has 1 heterocycles. The van der Waals surface area contributed by atoms with E-state index in [1.807, 2.05) is 53.9 Å². The molecule has 0 radical (unpaired) electrons. The average molecular weight is 309 g/mol. The Morgan fingerprint density at radius 1 is 1.45 bits per heavy atom. The molecule has 1 fully saturated rings. The van der Waals surface area contributed by atoms with Crippen LogP contribution in [0, 0.1) is 11.3 Å². The third kappa shape index (κ3) is 4.09. The molecule has 1 aliphatic rings. The normalized spacial score (nSPS) is 16.4. The predicted molar refractivity (Wildman–Crippen MR) is 80.8 cm³/mol. The van der Waals surface area contributed by atoms with Crippen molar-refractivity contribution in [1.29, 1.82) is 5.26 Å². The lowest BCUT2D eigenvalue weighted by atomic mass is 10.2. The highest BCUT2D eigenvalue weighted by molar-refractivity contribution is 8.19. The maximum atomic E-state index is 11.5. The SMILES string of the molecule is C[C@@H](C#N)OC(=O)COc1ccccc1C1SCCS1. The van der Waals surface area contributed by atoms with E-state index in [-0.39, 0.29) is 6.61 Å². The van der Waals surface area contributed by atoms with Crippen LogP contribution in [0.25, 0.3) is 0 Å². The number of ether oxygens (including phenoxy) is 2. The largest absolute Gasteiger partial charge is 0.482 e. The van der Waals surface area contributed by atoms with Crippen LogP contribution in [0.5, 0.6) is 5.75 Å². The van der Waals surface area contributed by atoms with Crippen molar-refractivity contribution in [1.82, 2.24) is 0 Å². The van der Waals surface area contributed by atoms with E-state index >= 15 is 0 Å². The molecule has 0 N–H and O–H groups in total. The third-order valence-corrected chi connectivity index (χ3v) is 5.70. The third-order valence-electron chi connectivity index (χ3n) is 2.63. The van der Waals surface area contributed by atoms with E-state index in [1.165, 1.54) is 6.92 Å². The fourth-order valence-electron chi connectivity index (χ4n) is 1.74. The Kier molecular flexibility index (Phi) is 5.62. The van der Waals surface area contributed by atoms with Crippen molar-refractivity contribution in [3.63, 3.8) is 0 Å². The molecule has 4 nitrogen and oxygen atoms in total. The number of hydrogen-bond donors (Lipinski definition) is 0. The van der Waals surface area contributed by atoms with Gasteiger partial charge in [-0.25, -0.2) is 4.79 Å². The Morgan fingerprint density at radius 2 is 2.15 bits per heavy atom. The Labute approximate surface area is 126 Å². The van der Waals surface area contributed by atoms with Gasteiger partial charge in [0.05, 0.1) is 4.58 Å². The maximum Gasteiger partial charge on any atom is 0.345 e. The first-order valence-corrected chi connectivity index (χ1v) is 8.34. The fraction of sp³-hybridized carbons (Fsp3) is 0.429. The highest BCUT2D eigenvalue weighted by Gasteiger charge is 2.22. The molecule has 2 rings (SSSR count). The molecule has 0 spiro atoms. The molecule has 0 saturated carbocycles. The monoisotopic (exact) mass is 309 g/mol. The number of nitriles is 1. The van der Waals surface area contributed by atoms with Gasteiger partial charge in [0.25, 0.3) is 0 Å². The van der Waals surface area contributed by atoms with E-state index in [1.54, 1.807) is 0 Å². The summed E-state index contributed by atoms with van der Waals surface area (Å²) in [5.74, 6) is 2.44. The first kappa shape index (κ1) is 15.1. The summed E-state index contributed by atoms with van der Waals surface area (Å²) in [7, 11) is 0. The predicted octanol–water partition coefficient (Wildman–Crippen LogP) is 3.00. The summed E-state index contributed by atoms with van der Waals surface area (Å²) >= 11 is 3.76. The highest BCUT2D eigenvalue weighted by Crippen LogP contribution is 2.48. The van der Waals surface area contributed by atoms with Gasteiger partial charge in [-0.1, -0.05) is 18.2 Å². The van der Waals surface area contributed by atoms with Gasteiger partial charge in [0, 0.05) is 17.1 Å². The number of rotatable bonds is 5. The summed E-state index contributed by atoms with van der Waals surface area (Å²) in [4.78, 5) is 11.5. The molecule has 0 aliphatic carbocycles. The van der Waals surface area contributed by atoms with E-state index in [0.29, 0.717) is 10.3 Å². The Balaban J connectivity index is 1.96. The van der Waals surface area contributed by atoms with Crippen molar-refractivity contribution in [3.8, 4) is 11.8 Å². The van der Waals surface area contributed by atoms with Crippen molar-refractivity contribution in [2.75, 3.05) is 18.1 Å². The van der Waals surface area contributed by atoms with Gasteiger partial charge in [-0.05, 0) is 13.0 Å². The standard InChI is InChI=1S/C14H15NO3S2/c1-10(8-15)18-13(16)9-17-12-5-3-2-4-11(12)14-19-6-7-20-14/h2-5,10,14H,6-7,9H2,1H3/t10-/m0/s1. The molecular formula is C14H15NO3S2. The first-order valence-electron chi connectivity index (χ1n) is 6.24. The van der Waals surface area contributed by atoms with Gasteiger partial charge in [-0.2, -0.15) is 5.26 Å². The van der Waals surface area contributed by atoms with E-state index in [0.717, 1.165) is 17.1 Å². The number of thioether (sulfide) groups is 2. The van der Waals surface area contributed by atoms with Crippen LogP contribution in [0.15, 0.2) is 24.3 Å². The molecule has 1 atom stereocenters. The van der Waals surface area contributed by atoms with Crippen molar-refractivity contribution < 1.29 is 14.3 Å².